The highest BCUT2D eigenvalue weighted by atomic mass is 16.5. The van der Waals surface area contributed by atoms with Crippen LogP contribution in [0.15, 0.2) is 84.9 Å². The Balaban J connectivity index is 1.31. The van der Waals surface area contributed by atoms with Gasteiger partial charge in [0.25, 0.3) is 5.91 Å². The van der Waals surface area contributed by atoms with Crippen molar-refractivity contribution in [1.82, 2.24) is 14.9 Å². The fourth-order valence-corrected chi connectivity index (χ4v) is 5.53. The van der Waals surface area contributed by atoms with Crippen molar-refractivity contribution in [1.29, 1.82) is 0 Å². The van der Waals surface area contributed by atoms with Gasteiger partial charge in [-0.3, -0.25) is 4.79 Å². The van der Waals surface area contributed by atoms with E-state index in [1.165, 1.54) is 29.7 Å². The summed E-state index contributed by atoms with van der Waals surface area (Å²) in [7, 11) is 1.37. The van der Waals surface area contributed by atoms with Crippen molar-refractivity contribution in [3.05, 3.63) is 113 Å². The Morgan fingerprint density at radius 1 is 0.947 bits per heavy atom. The SMILES string of the molecule is COC(=O)/C=C/c1ccc2c(c1)CCC2N(CCc1cc2ccccc2[nH]1)C(=O)c1cc2ccccc2[nH]1. The summed E-state index contributed by atoms with van der Waals surface area (Å²) in [5.41, 5.74) is 7.11. The van der Waals surface area contributed by atoms with Gasteiger partial charge in [-0.2, -0.15) is 0 Å². The largest absolute Gasteiger partial charge is 0.466 e. The minimum absolute atomic E-state index is 0.00447. The van der Waals surface area contributed by atoms with E-state index in [1.54, 1.807) is 6.08 Å². The number of para-hydroxylation sites is 2. The quantitative estimate of drug-likeness (QED) is 0.205. The highest BCUT2D eigenvalue weighted by molar-refractivity contribution is 5.98. The molecule has 1 amide bonds. The molecule has 2 aromatic heterocycles. The number of aryl methyl sites for hydroxylation is 1. The van der Waals surface area contributed by atoms with Gasteiger partial charge in [-0.1, -0.05) is 54.6 Å². The predicted molar refractivity (Wildman–Crippen MR) is 150 cm³/mol. The molecule has 190 valence electrons. The molecule has 6 rings (SSSR count). The van der Waals surface area contributed by atoms with Gasteiger partial charge in [0, 0.05) is 41.2 Å². The Bertz CT molecular complexity index is 1610. The smallest absolute Gasteiger partial charge is 0.330 e. The molecule has 1 aliphatic carbocycles. The first-order valence-corrected chi connectivity index (χ1v) is 12.9. The first kappa shape index (κ1) is 23.8. The number of ether oxygens (including phenoxy) is 1. The number of hydrogen-bond donors (Lipinski definition) is 2. The van der Waals surface area contributed by atoms with E-state index in [9.17, 15) is 9.59 Å². The Kier molecular flexibility index (Phi) is 6.30. The molecule has 0 bridgehead atoms. The van der Waals surface area contributed by atoms with Crippen LogP contribution in [0.3, 0.4) is 0 Å². The van der Waals surface area contributed by atoms with Crippen LogP contribution in [0.5, 0.6) is 0 Å². The summed E-state index contributed by atoms with van der Waals surface area (Å²) in [4.78, 5) is 34.4. The van der Waals surface area contributed by atoms with Crippen LogP contribution in [0.1, 0.15) is 45.3 Å². The lowest BCUT2D eigenvalue weighted by Gasteiger charge is -2.29. The number of H-pyrrole nitrogens is 2. The molecule has 0 radical (unpaired) electrons. The molecule has 0 spiro atoms. The molecule has 0 aliphatic heterocycles. The van der Waals surface area contributed by atoms with Crippen LogP contribution in [0, 0.1) is 0 Å². The Hall–Kier alpha value is -4.58. The molecule has 0 fully saturated rings. The molecule has 6 heteroatoms. The zero-order chi connectivity index (χ0) is 26.1. The van der Waals surface area contributed by atoms with Gasteiger partial charge in [0.05, 0.1) is 13.2 Å². The summed E-state index contributed by atoms with van der Waals surface area (Å²) in [5.74, 6) is -0.375. The average Bonchev–Trinajstić information content (AvgIpc) is 3.67. The van der Waals surface area contributed by atoms with Crippen LogP contribution in [-0.4, -0.2) is 40.4 Å². The van der Waals surface area contributed by atoms with Gasteiger partial charge in [-0.15, -0.1) is 0 Å². The average molecular weight is 504 g/mol. The third-order valence-corrected chi connectivity index (χ3v) is 7.43. The van der Waals surface area contributed by atoms with Gasteiger partial charge in [0.2, 0.25) is 0 Å². The summed E-state index contributed by atoms with van der Waals surface area (Å²) in [5, 5.41) is 2.20. The Morgan fingerprint density at radius 3 is 2.42 bits per heavy atom. The van der Waals surface area contributed by atoms with Crippen LogP contribution in [0.25, 0.3) is 27.9 Å². The number of rotatable bonds is 7. The van der Waals surface area contributed by atoms with Crippen molar-refractivity contribution in [2.75, 3.05) is 13.7 Å². The summed E-state index contributed by atoms with van der Waals surface area (Å²) in [6.45, 7) is 0.592. The van der Waals surface area contributed by atoms with E-state index in [0.29, 0.717) is 12.2 Å². The number of carbonyl (C=O) groups is 2. The van der Waals surface area contributed by atoms with Crippen molar-refractivity contribution < 1.29 is 14.3 Å². The Morgan fingerprint density at radius 2 is 1.68 bits per heavy atom. The van der Waals surface area contributed by atoms with E-state index >= 15 is 0 Å². The second kappa shape index (κ2) is 10.1. The molecule has 0 saturated carbocycles. The lowest BCUT2D eigenvalue weighted by atomic mass is 10.0. The third kappa shape index (κ3) is 4.61. The minimum atomic E-state index is -0.379. The molecule has 6 nitrogen and oxygen atoms in total. The predicted octanol–water partition coefficient (Wildman–Crippen LogP) is 6.21. The number of fused-ring (bicyclic) bond motifs is 3. The van der Waals surface area contributed by atoms with E-state index in [0.717, 1.165) is 46.9 Å². The van der Waals surface area contributed by atoms with Crippen molar-refractivity contribution in [3.8, 4) is 0 Å². The van der Waals surface area contributed by atoms with Gasteiger partial charge in [-0.05, 0) is 65.3 Å². The van der Waals surface area contributed by atoms with E-state index in [2.05, 4.69) is 40.3 Å². The van der Waals surface area contributed by atoms with E-state index in [1.807, 2.05) is 53.4 Å². The molecule has 0 saturated heterocycles. The number of nitrogens with one attached hydrogen (secondary N) is 2. The van der Waals surface area contributed by atoms with E-state index < -0.39 is 0 Å². The van der Waals surface area contributed by atoms with Crippen molar-refractivity contribution in [2.24, 2.45) is 0 Å². The number of carbonyl (C=O) groups excluding carboxylic acids is 2. The second-order valence-corrected chi connectivity index (χ2v) is 9.77. The monoisotopic (exact) mass is 503 g/mol. The molecular formula is C32H29N3O3. The van der Waals surface area contributed by atoms with Crippen LogP contribution in [0.4, 0.5) is 0 Å². The van der Waals surface area contributed by atoms with Crippen LogP contribution in [-0.2, 0) is 22.4 Å². The summed E-state index contributed by atoms with van der Waals surface area (Å²) in [6, 6.07) is 26.5. The maximum absolute atomic E-state index is 14.0. The fraction of sp³-hybridized carbons (Fsp3) is 0.188. The number of nitrogens with zero attached hydrogens (tertiary/aromatic N) is 1. The normalized spacial score (nSPS) is 14.8. The van der Waals surface area contributed by atoms with Gasteiger partial charge in [0.15, 0.2) is 0 Å². The second-order valence-electron chi connectivity index (χ2n) is 9.77. The number of hydrogen-bond acceptors (Lipinski definition) is 3. The van der Waals surface area contributed by atoms with Gasteiger partial charge >= 0.3 is 5.97 Å². The first-order chi connectivity index (χ1) is 18.6. The fourth-order valence-electron chi connectivity index (χ4n) is 5.53. The van der Waals surface area contributed by atoms with E-state index in [-0.39, 0.29) is 17.9 Å². The molecule has 1 aliphatic rings. The highest BCUT2D eigenvalue weighted by Gasteiger charge is 2.32. The first-order valence-electron chi connectivity index (χ1n) is 12.9. The number of esters is 1. The van der Waals surface area contributed by atoms with E-state index in [4.69, 9.17) is 4.74 Å². The van der Waals surface area contributed by atoms with Crippen LogP contribution in [0.2, 0.25) is 0 Å². The van der Waals surface area contributed by atoms with Gasteiger partial charge in [0.1, 0.15) is 5.69 Å². The lowest BCUT2D eigenvalue weighted by Crippen LogP contribution is -2.36. The summed E-state index contributed by atoms with van der Waals surface area (Å²) >= 11 is 0. The standard InChI is InChI=1S/C32H29N3O3/c1-38-31(36)15-11-21-10-13-26-22(18-21)12-14-30(26)35(17-16-25-19-23-6-2-4-8-27(23)33-25)32(37)29-20-24-7-3-5-9-28(24)34-29/h2-11,13,15,18-20,30,33-34H,12,14,16-17H2,1H3/b15-11+. The van der Waals surface area contributed by atoms with Gasteiger partial charge in [-0.25, -0.2) is 4.79 Å². The molecule has 3 aromatic carbocycles. The number of amides is 1. The molecular weight excluding hydrogens is 474 g/mol. The zero-order valence-electron chi connectivity index (χ0n) is 21.2. The van der Waals surface area contributed by atoms with Crippen molar-refractivity contribution in [3.63, 3.8) is 0 Å². The minimum Gasteiger partial charge on any atom is -0.466 e. The topological polar surface area (TPSA) is 78.2 Å². The molecule has 2 N–H and O–H groups in total. The molecule has 2 heterocycles. The number of aromatic nitrogens is 2. The number of aromatic amines is 2. The third-order valence-electron chi connectivity index (χ3n) is 7.43. The highest BCUT2D eigenvalue weighted by Crippen LogP contribution is 2.37. The number of benzene rings is 3. The van der Waals surface area contributed by atoms with Crippen molar-refractivity contribution >= 4 is 39.8 Å². The van der Waals surface area contributed by atoms with Crippen LogP contribution < -0.4 is 0 Å². The van der Waals surface area contributed by atoms with Crippen molar-refractivity contribution in [2.45, 2.75) is 25.3 Å². The summed E-state index contributed by atoms with van der Waals surface area (Å²) < 4.78 is 4.71. The maximum atomic E-state index is 14.0. The Labute approximate surface area is 220 Å². The molecule has 1 unspecified atom stereocenters. The van der Waals surface area contributed by atoms with Gasteiger partial charge < -0.3 is 19.6 Å². The molecule has 1 atom stereocenters. The van der Waals surface area contributed by atoms with Crippen LogP contribution >= 0.6 is 0 Å². The summed E-state index contributed by atoms with van der Waals surface area (Å²) in [6.07, 6.45) is 5.66. The molecule has 5 aromatic rings. The lowest BCUT2D eigenvalue weighted by molar-refractivity contribution is -0.134. The number of methoxy groups -OCH3 is 1. The molecule has 38 heavy (non-hydrogen) atoms. The maximum Gasteiger partial charge on any atom is 0.330 e. The zero-order valence-corrected chi connectivity index (χ0v) is 21.2.